The van der Waals surface area contributed by atoms with Crippen molar-refractivity contribution in [3.63, 3.8) is 0 Å². The summed E-state index contributed by atoms with van der Waals surface area (Å²) in [4.78, 5) is 77.0. The molecule has 2 saturated carbocycles. The molecule has 2 aliphatic rings. The summed E-state index contributed by atoms with van der Waals surface area (Å²) in [5.41, 5.74) is 6.73. The SMILES string of the molecule is COc1ccc(CNc2nccc(Oc3ncc(NC(=O)c4cn(C5CC5)nc(-c5ccc(F)cc5)c4=O)cn3)c2Cl)cc1.Nc1nccc(Oc2ncc(NC(=O)c3cn(C4CC4)nc(-c4ccc(F)cc4)c3=O)cn2)c1Cl. The number of anilines is 4. The number of ether oxygens (including phenoxy) is 3. The van der Waals surface area contributed by atoms with E-state index in [0.717, 1.165) is 37.0 Å². The number of methoxy groups -OCH3 is 1. The molecule has 25 heteroatoms. The lowest BCUT2D eigenvalue weighted by molar-refractivity contribution is 0.101. The van der Waals surface area contributed by atoms with E-state index in [-0.39, 0.29) is 85.4 Å². The van der Waals surface area contributed by atoms with Crippen LogP contribution in [0.4, 0.5) is 31.8 Å². The maximum atomic E-state index is 13.5. The lowest BCUT2D eigenvalue weighted by Gasteiger charge is -2.12. The number of nitrogen functional groups attached to an aromatic ring is 1. The van der Waals surface area contributed by atoms with Crippen molar-refractivity contribution in [3.8, 4) is 51.8 Å². The highest BCUT2D eigenvalue weighted by atomic mass is 35.5. The first-order chi connectivity index (χ1) is 38.3. The number of nitrogens with zero attached hydrogens (tertiary/aromatic N) is 10. The average Bonchev–Trinajstić information content (AvgIpc) is 4.45. The third kappa shape index (κ3) is 12.8. The summed E-state index contributed by atoms with van der Waals surface area (Å²) in [6, 6.07) is 21.6. The van der Waals surface area contributed by atoms with Crippen molar-refractivity contribution < 1.29 is 32.6 Å². The Morgan fingerprint density at radius 2 is 1.06 bits per heavy atom. The van der Waals surface area contributed by atoms with Gasteiger partial charge >= 0.3 is 12.0 Å². The Labute approximate surface area is 456 Å². The summed E-state index contributed by atoms with van der Waals surface area (Å²) in [6.45, 7) is 0.472. The number of benzene rings is 3. The predicted molar refractivity (Wildman–Crippen MR) is 288 cm³/mol. The number of pyridine rings is 2. The first-order valence-electron chi connectivity index (χ1n) is 24.1. The number of amides is 2. The number of nitrogens with two attached hydrogens (primary N) is 1. The van der Waals surface area contributed by atoms with Gasteiger partial charge in [0.05, 0.1) is 55.4 Å². The molecule has 0 saturated heterocycles. The maximum Gasteiger partial charge on any atom is 0.322 e. The molecule has 9 aromatic rings. The van der Waals surface area contributed by atoms with Crippen molar-refractivity contribution in [2.24, 2.45) is 0 Å². The number of rotatable bonds is 16. The molecule has 0 radical (unpaired) electrons. The fourth-order valence-electron chi connectivity index (χ4n) is 7.52. The lowest BCUT2D eigenvalue weighted by atomic mass is 10.1. The van der Waals surface area contributed by atoms with Gasteiger partial charge in [0.1, 0.15) is 61.6 Å². The van der Waals surface area contributed by atoms with Crippen LogP contribution in [-0.2, 0) is 6.54 Å². The number of hydrogen-bond donors (Lipinski definition) is 4. The highest BCUT2D eigenvalue weighted by Crippen LogP contribution is 2.36. The fourth-order valence-corrected chi connectivity index (χ4v) is 7.89. The fraction of sp³-hybridized carbons (Fsp3) is 0.148. The minimum Gasteiger partial charge on any atom is -0.497 e. The molecule has 79 heavy (non-hydrogen) atoms. The van der Waals surface area contributed by atoms with Gasteiger partial charge in [0.25, 0.3) is 11.8 Å². The third-order valence-corrected chi connectivity index (χ3v) is 12.7. The molecular formula is C54H42Cl2F2N14O7. The third-order valence-electron chi connectivity index (χ3n) is 12.0. The van der Waals surface area contributed by atoms with E-state index >= 15 is 0 Å². The first-order valence-corrected chi connectivity index (χ1v) is 24.8. The van der Waals surface area contributed by atoms with Crippen molar-refractivity contribution in [1.82, 2.24) is 49.5 Å². The summed E-state index contributed by atoms with van der Waals surface area (Å²) in [5.74, 6) is -0.410. The van der Waals surface area contributed by atoms with Crippen molar-refractivity contribution in [1.29, 1.82) is 0 Å². The maximum absolute atomic E-state index is 13.5. The summed E-state index contributed by atoms with van der Waals surface area (Å²) in [7, 11) is 1.61. The highest BCUT2D eigenvalue weighted by molar-refractivity contribution is 6.34. The Balaban J connectivity index is 0.000000183. The molecule has 0 spiro atoms. The second-order valence-electron chi connectivity index (χ2n) is 17.7. The molecule has 0 atom stereocenters. The predicted octanol–water partition coefficient (Wildman–Crippen LogP) is 9.74. The second-order valence-corrected chi connectivity index (χ2v) is 18.4. The molecule has 0 aliphatic heterocycles. The van der Waals surface area contributed by atoms with Gasteiger partial charge in [0, 0.05) is 54.6 Å². The molecule has 11 rings (SSSR count). The van der Waals surface area contributed by atoms with Gasteiger partial charge < -0.3 is 35.9 Å². The molecule has 21 nitrogen and oxygen atoms in total. The Morgan fingerprint density at radius 3 is 1.51 bits per heavy atom. The highest BCUT2D eigenvalue weighted by Gasteiger charge is 2.29. The summed E-state index contributed by atoms with van der Waals surface area (Å²) >= 11 is 12.6. The van der Waals surface area contributed by atoms with Gasteiger partial charge in [-0.2, -0.15) is 10.2 Å². The summed E-state index contributed by atoms with van der Waals surface area (Å²) in [6.07, 6.45) is 14.7. The molecule has 5 N–H and O–H groups in total. The van der Waals surface area contributed by atoms with Gasteiger partial charge in [-0.05, 0) is 91.9 Å². The minimum absolute atomic E-state index is 0.0178. The van der Waals surface area contributed by atoms with Crippen LogP contribution in [0.1, 0.15) is 64.0 Å². The number of carbonyl (C=O) groups is 2. The average molecular weight is 1110 g/mol. The van der Waals surface area contributed by atoms with Crippen molar-refractivity contribution in [2.75, 3.05) is 28.8 Å². The van der Waals surface area contributed by atoms with E-state index in [2.05, 4.69) is 56.1 Å². The van der Waals surface area contributed by atoms with E-state index in [1.807, 2.05) is 24.3 Å². The quantitative estimate of drug-likeness (QED) is 0.0701. The van der Waals surface area contributed by atoms with E-state index in [9.17, 15) is 28.0 Å². The van der Waals surface area contributed by atoms with Crippen LogP contribution in [0.3, 0.4) is 0 Å². The number of aromatic nitrogens is 10. The monoisotopic (exact) mass is 1110 g/mol. The van der Waals surface area contributed by atoms with Gasteiger partial charge in [-0.25, -0.2) is 38.7 Å². The minimum atomic E-state index is -0.655. The number of carbonyl (C=O) groups excluding carboxylic acids is 2. The Hall–Kier alpha value is -9.74. The Morgan fingerprint density at radius 1 is 0.620 bits per heavy atom. The molecule has 0 unspecified atom stereocenters. The largest absolute Gasteiger partial charge is 0.497 e. The zero-order chi connectivity index (χ0) is 55.2. The molecule has 6 heterocycles. The number of halogens is 4. The zero-order valence-electron chi connectivity index (χ0n) is 41.3. The molecule has 0 bridgehead atoms. The van der Waals surface area contributed by atoms with Crippen LogP contribution in [0, 0.1) is 11.6 Å². The van der Waals surface area contributed by atoms with E-state index < -0.39 is 34.3 Å². The summed E-state index contributed by atoms with van der Waals surface area (Å²) < 4.78 is 46.5. The van der Waals surface area contributed by atoms with Crippen LogP contribution in [0.2, 0.25) is 10.0 Å². The molecule has 3 aromatic carbocycles. The van der Waals surface area contributed by atoms with Crippen LogP contribution in [0.5, 0.6) is 29.3 Å². The molecule has 398 valence electrons. The van der Waals surface area contributed by atoms with Crippen LogP contribution in [-0.4, -0.2) is 68.4 Å². The van der Waals surface area contributed by atoms with Crippen LogP contribution in [0.15, 0.2) is 144 Å². The van der Waals surface area contributed by atoms with Crippen LogP contribution < -0.4 is 46.8 Å². The Bertz CT molecular complexity index is 3830. The van der Waals surface area contributed by atoms with Gasteiger partial charge in [-0.1, -0.05) is 35.3 Å². The van der Waals surface area contributed by atoms with Gasteiger partial charge in [0.15, 0.2) is 11.5 Å². The smallest absolute Gasteiger partial charge is 0.322 e. The van der Waals surface area contributed by atoms with Crippen LogP contribution >= 0.6 is 23.2 Å². The topological polar surface area (TPSA) is 271 Å². The van der Waals surface area contributed by atoms with E-state index in [0.29, 0.717) is 23.5 Å². The number of nitrogens with one attached hydrogen (secondary N) is 3. The van der Waals surface area contributed by atoms with Crippen molar-refractivity contribution in [3.05, 3.63) is 193 Å². The van der Waals surface area contributed by atoms with E-state index in [1.54, 1.807) is 22.5 Å². The standard InChI is InChI=1S/C31H25ClFN7O4.C23H17ClFN7O3/c1-43-23-10-2-18(3-11-23)14-35-29-26(32)25(12-13-34-29)44-31-36-15-21(16-37-31)38-30(42)24-17-40(22-8-9-22)39-27(28(24)41)19-4-6-20(33)7-5-19;24-18-17(7-8-27-21(18)26)35-23-28-9-14(10-29-23)30-22(34)16-11-32(15-5-6-15)31-19(20(16)33)12-1-3-13(25)4-2-12/h2-7,10-13,15-17,22H,8-9,14H2,1H3,(H,34,35)(H,38,42);1-4,7-11,15H,5-6H2,(H2,26,27)(H,30,34). The summed E-state index contributed by atoms with van der Waals surface area (Å²) in [5, 5.41) is 17.6. The van der Waals surface area contributed by atoms with E-state index in [1.165, 1.54) is 104 Å². The van der Waals surface area contributed by atoms with Gasteiger partial charge in [-0.15, -0.1) is 0 Å². The Kier molecular flexibility index (Phi) is 15.5. The van der Waals surface area contributed by atoms with E-state index in [4.69, 9.17) is 43.1 Å². The molecule has 2 fully saturated rings. The molecule has 2 amide bonds. The second kappa shape index (κ2) is 23.2. The first kappa shape index (κ1) is 52.7. The van der Waals surface area contributed by atoms with Gasteiger partial charge in [0.2, 0.25) is 10.9 Å². The van der Waals surface area contributed by atoms with Crippen LogP contribution in [0.25, 0.3) is 22.5 Å². The normalized spacial score (nSPS) is 12.6. The number of hydrogen-bond acceptors (Lipinski definition) is 17. The molecular weight excluding hydrogens is 1070 g/mol. The van der Waals surface area contributed by atoms with Crippen molar-refractivity contribution >= 4 is 58.0 Å². The lowest BCUT2D eigenvalue weighted by Crippen LogP contribution is -2.26. The zero-order valence-corrected chi connectivity index (χ0v) is 42.8. The van der Waals surface area contributed by atoms with Crippen molar-refractivity contribution in [2.45, 2.75) is 44.3 Å². The molecule has 2 aliphatic carbocycles. The molecule has 6 aromatic heterocycles. The van der Waals surface area contributed by atoms with Gasteiger partial charge in [-0.3, -0.25) is 28.5 Å².